The lowest BCUT2D eigenvalue weighted by molar-refractivity contribution is 0.296. The molecule has 0 aliphatic rings. The maximum Gasteiger partial charge on any atom is 0.208 e. The van der Waals surface area contributed by atoms with E-state index >= 15 is 0 Å². The highest BCUT2D eigenvalue weighted by Crippen LogP contribution is 2.19. The van der Waals surface area contributed by atoms with Crippen molar-refractivity contribution >= 4 is 23.4 Å². The second-order valence-corrected chi connectivity index (χ2v) is 6.77. The Morgan fingerprint density at radius 1 is 1.08 bits per heavy atom. The molecule has 1 heterocycles. The second-order valence-electron chi connectivity index (χ2n) is 5.27. The van der Waals surface area contributed by atoms with E-state index in [0.29, 0.717) is 29.2 Å². The van der Waals surface area contributed by atoms with Gasteiger partial charge in [0, 0.05) is 10.8 Å². The highest BCUT2D eigenvalue weighted by atomic mass is 35.5. The highest BCUT2D eigenvalue weighted by Gasteiger charge is 2.05. The van der Waals surface area contributed by atoms with Gasteiger partial charge >= 0.3 is 0 Å². The van der Waals surface area contributed by atoms with Crippen molar-refractivity contribution in [2.75, 3.05) is 12.4 Å². The molecule has 0 radical (unpaired) electrons. The van der Waals surface area contributed by atoms with Crippen molar-refractivity contribution in [3.8, 4) is 11.5 Å². The van der Waals surface area contributed by atoms with Crippen molar-refractivity contribution < 1.29 is 9.47 Å². The van der Waals surface area contributed by atoms with Crippen LogP contribution in [0, 0.1) is 6.92 Å². The molecule has 2 aromatic carbocycles. The Bertz CT molecular complexity index is 808. The maximum atomic E-state index is 5.84. The van der Waals surface area contributed by atoms with Gasteiger partial charge in [0.1, 0.15) is 18.1 Å². The monoisotopic (exact) mass is 375 g/mol. The zero-order valence-electron chi connectivity index (χ0n) is 13.7. The number of benzene rings is 2. The van der Waals surface area contributed by atoms with Crippen LogP contribution in [0.4, 0.5) is 0 Å². The van der Waals surface area contributed by atoms with Gasteiger partial charge in [0.05, 0.1) is 6.61 Å². The van der Waals surface area contributed by atoms with E-state index in [4.69, 9.17) is 21.1 Å². The molecular formula is C18H18ClN3O2S. The van der Waals surface area contributed by atoms with Gasteiger partial charge in [-0.3, -0.25) is 5.10 Å². The number of para-hydroxylation sites is 1. The molecule has 0 aliphatic heterocycles. The average Bonchev–Trinajstić information content (AvgIpc) is 3.07. The largest absolute Gasteiger partial charge is 0.492 e. The van der Waals surface area contributed by atoms with Crippen LogP contribution in [-0.4, -0.2) is 27.5 Å². The Labute approximate surface area is 155 Å². The molecule has 0 saturated carbocycles. The van der Waals surface area contributed by atoms with Crippen LogP contribution in [-0.2, 0) is 6.61 Å². The fraction of sp³-hybridized carbons (Fsp3) is 0.222. The van der Waals surface area contributed by atoms with E-state index in [1.165, 1.54) is 11.8 Å². The van der Waals surface area contributed by atoms with Crippen molar-refractivity contribution in [3.05, 3.63) is 64.9 Å². The molecule has 1 N–H and O–H groups in total. The third-order valence-electron chi connectivity index (χ3n) is 3.37. The lowest BCUT2D eigenvalue weighted by atomic mass is 10.2. The van der Waals surface area contributed by atoms with Gasteiger partial charge in [-0.05, 0) is 42.8 Å². The van der Waals surface area contributed by atoms with Crippen molar-refractivity contribution in [2.24, 2.45) is 0 Å². The number of hydrogen-bond donors (Lipinski definition) is 1. The number of thioether (sulfide) groups is 1. The molecule has 0 saturated heterocycles. The van der Waals surface area contributed by atoms with Crippen LogP contribution in [0.15, 0.2) is 53.7 Å². The van der Waals surface area contributed by atoms with Crippen LogP contribution in [0.1, 0.15) is 11.4 Å². The SMILES string of the molecule is Cc1ccccc1OCCSc1n[nH]c(COc2ccc(Cl)cc2)n1. The van der Waals surface area contributed by atoms with Crippen LogP contribution in [0.2, 0.25) is 5.02 Å². The third kappa shape index (κ3) is 5.41. The van der Waals surface area contributed by atoms with Crippen LogP contribution < -0.4 is 9.47 Å². The number of hydrogen-bond acceptors (Lipinski definition) is 5. The molecule has 0 fully saturated rings. The second kappa shape index (κ2) is 8.78. The zero-order valence-corrected chi connectivity index (χ0v) is 15.3. The summed E-state index contributed by atoms with van der Waals surface area (Å²) in [4.78, 5) is 4.39. The standard InChI is InChI=1S/C18H18ClN3O2S/c1-13-4-2-3-5-16(13)23-10-11-25-18-20-17(21-22-18)12-24-15-8-6-14(19)7-9-15/h2-9H,10-12H2,1H3,(H,20,21,22). The molecule has 3 aromatic rings. The number of aryl methyl sites for hydroxylation is 1. The lowest BCUT2D eigenvalue weighted by Gasteiger charge is -2.07. The summed E-state index contributed by atoms with van der Waals surface area (Å²) in [5.41, 5.74) is 1.13. The quantitative estimate of drug-likeness (QED) is 0.463. The molecule has 25 heavy (non-hydrogen) atoms. The van der Waals surface area contributed by atoms with Gasteiger partial charge in [-0.1, -0.05) is 41.6 Å². The van der Waals surface area contributed by atoms with Gasteiger partial charge in [0.2, 0.25) is 5.16 Å². The number of aromatic amines is 1. The van der Waals surface area contributed by atoms with Gasteiger partial charge in [-0.15, -0.1) is 5.10 Å². The van der Waals surface area contributed by atoms with Crippen molar-refractivity contribution in [3.63, 3.8) is 0 Å². The highest BCUT2D eigenvalue weighted by molar-refractivity contribution is 7.99. The zero-order chi connectivity index (χ0) is 17.5. The fourth-order valence-corrected chi connectivity index (χ4v) is 2.85. The van der Waals surface area contributed by atoms with Gasteiger partial charge < -0.3 is 9.47 Å². The first-order valence-corrected chi connectivity index (χ1v) is 9.18. The summed E-state index contributed by atoms with van der Waals surface area (Å²) in [6, 6.07) is 15.2. The molecule has 0 atom stereocenters. The average molecular weight is 376 g/mol. The van der Waals surface area contributed by atoms with Crippen molar-refractivity contribution in [1.82, 2.24) is 15.2 Å². The molecule has 5 nitrogen and oxygen atoms in total. The van der Waals surface area contributed by atoms with E-state index in [1.54, 1.807) is 12.1 Å². The van der Waals surface area contributed by atoms with E-state index in [9.17, 15) is 0 Å². The number of halogens is 1. The predicted octanol–water partition coefficient (Wildman–Crippen LogP) is 4.52. The number of aromatic nitrogens is 3. The summed E-state index contributed by atoms with van der Waals surface area (Å²) in [7, 11) is 0. The molecule has 1 aromatic heterocycles. The number of H-pyrrole nitrogens is 1. The summed E-state index contributed by atoms with van der Waals surface area (Å²) < 4.78 is 11.4. The number of nitrogens with zero attached hydrogens (tertiary/aromatic N) is 2. The fourth-order valence-electron chi connectivity index (χ4n) is 2.09. The predicted molar refractivity (Wildman–Crippen MR) is 99.6 cm³/mol. The number of ether oxygens (including phenoxy) is 2. The first-order chi connectivity index (χ1) is 12.2. The maximum absolute atomic E-state index is 5.84. The van der Waals surface area contributed by atoms with Gasteiger partial charge in [-0.25, -0.2) is 4.98 Å². The van der Waals surface area contributed by atoms with Crippen molar-refractivity contribution in [1.29, 1.82) is 0 Å². The molecular weight excluding hydrogens is 358 g/mol. The summed E-state index contributed by atoms with van der Waals surface area (Å²) in [5.74, 6) is 3.10. The molecule has 0 aliphatic carbocycles. The van der Waals surface area contributed by atoms with Crippen LogP contribution in [0.3, 0.4) is 0 Å². The van der Waals surface area contributed by atoms with Gasteiger partial charge in [-0.2, -0.15) is 0 Å². The van der Waals surface area contributed by atoms with E-state index in [2.05, 4.69) is 15.2 Å². The lowest BCUT2D eigenvalue weighted by Crippen LogP contribution is -2.01. The van der Waals surface area contributed by atoms with E-state index < -0.39 is 0 Å². The van der Waals surface area contributed by atoms with Crippen LogP contribution >= 0.6 is 23.4 Å². The molecule has 0 amide bonds. The summed E-state index contributed by atoms with van der Waals surface area (Å²) in [5, 5.41) is 8.42. The van der Waals surface area contributed by atoms with E-state index in [1.807, 2.05) is 43.3 Å². The minimum atomic E-state index is 0.328. The molecule has 3 rings (SSSR count). The molecule has 7 heteroatoms. The third-order valence-corrected chi connectivity index (χ3v) is 4.43. The molecule has 0 bridgehead atoms. The Hall–Kier alpha value is -2.18. The summed E-state index contributed by atoms with van der Waals surface area (Å²) in [6.07, 6.45) is 0. The van der Waals surface area contributed by atoms with E-state index in [-0.39, 0.29) is 0 Å². The Morgan fingerprint density at radius 3 is 2.68 bits per heavy atom. The van der Waals surface area contributed by atoms with Crippen LogP contribution in [0.25, 0.3) is 0 Å². The topological polar surface area (TPSA) is 60.0 Å². The normalized spacial score (nSPS) is 10.6. The molecule has 0 spiro atoms. The smallest absolute Gasteiger partial charge is 0.208 e. The Kier molecular flexibility index (Phi) is 6.19. The minimum absolute atomic E-state index is 0.328. The van der Waals surface area contributed by atoms with Gasteiger partial charge in [0.15, 0.2) is 5.82 Å². The number of nitrogens with one attached hydrogen (secondary N) is 1. The minimum Gasteiger partial charge on any atom is -0.492 e. The molecule has 0 unspecified atom stereocenters. The summed E-state index contributed by atoms with van der Waals surface area (Å²) in [6.45, 7) is 2.96. The Morgan fingerprint density at radius 2 is 1.88 bits per heavy atom. The number of rotatable bonds is 8. The first kappa shape index (κ1) is 17.6. The van der Waals surface area contributed by atoms with Crippen LogP contribution in [0.5, 0.6) is 11.5 Å². The first-order valence-electron chi connectivity index (χ1n) is 7.81. The molecule has 130 valence electrons. The van der Waals surface area contributed by atoms with E-state index in [0.717, 1.165) is 22.8 Å². The van der Waals surface area contributed by atoms with Gasteiger partial charge in [0.25, 0.3) is 0 Å². The Balaban J connectivity index is 1.41. The van der Waals surface area contributed by atoms with Crippen molar-refractivity contribution in [2.45, 2.75) is 18.7 Å². The summed E-state index contributed by atoms with van der Waals surface area (Å²) >= 11 is 7.38.